The highest BCUT2D eigenvalue weighted by Gasteiger charge is 2.49. The Bertz CT molecular complexity index is 1040. The molecule has 152 valence electrons. The maximum absolute atomic E-state index is 12.6. The molecule has 0 N–H and O–H groups in total. The zero-order valence-corrected chi connectivity index (χ0v) is 18.2. The lowest BCUT2D eigenvalue weighted by molar-refractivity contribution is -0.117. The Labute approximate surface area is 176 Å². The standard InChI is InChI=1S/C22H24N2O3S2/c1-15-10-16(2)12-18(11-15)24-19-13-29(26,27)14-20(19)28-22(24)23-21(25)9-8-17-6-4-3-5-7-17/h3-7,10-12,19-20H,8-9,13-14H2,1-2H3/t19-,20-/m0/s1. The maximum atomic E-state index is 12.6. The molecule has 2 aliphatic heterocycles. The van der Waals surface area contributed by atoms with Gasteiger partial charge < -0.3 is 4.90 Å². The van der Waals surface area contributed by atoms with Crippen LogP contribution in [0, 0.1) is 13.8 Å². The first-order chi connectivity index (χ1) is 13.8. The molecular weight excluding hydrogens is 404 g/mol. The Morgan fingerprint density at radius 2 is 1.79 bits per heavy atom. The zero-order valence-electron chi connectivity index (χ0n) is 16.5. The number of aliphatic imine (C=N–C) groups is 1. The average molecular weight is 429 g/mol. The molecule has 1 amide bonds. The number of aryl methyl sites for hydroxylation is 3. The smallest absolute Gasteiger partial charge is 0.248 e. The SMILES string of the molecule is Cc1cc(C)cc(N2C(=NC(=O)CCc3ccccc3)S[C@H]3CS(=O)(=O)C[C@@H]32)c1. The van der Waals surface area contributed by atoms with E-state index in [1.165, 1.54) is 11.8 Å². The van der Waals surface area contributed by atoms with Crippen molar-refractivity contribution in [3.8, 4) is 0 Å². The molecule has 2 aromatic rings. The topological polar surface area (TPSA) is 66.8 Å². The number of anilines is 1. The molecule has 0 bridgehead atoms. The Morgan fingerprint density at radius 3 is 2.48 bits per heavy atom. The van der Waals surface area contributed by atoms with Crippen LogP contribution >= 0.6 is 11.8 Å². The summed E-state index contributed by atoms with van der Waals surface area (Å²) in [7, 11) is -3.07. The fourth-order valence-electron chi connectivity index (χ4n) is 4.01. The van der Waals surface area contributed by atoms with Gasteiger partial charge >= 0.3 is 0 Å². The van der Waals surface area contributed by atoms with Gasteiger partial charge in [0.1, 0.15) is 0 Å². The van der Waals surface area contributed by atoms with Crippen LogP contribution in [0.2, 0.25) is 0 Å². The maximum Gasteiger partial charge on any atom is 0.248 e. The molecule has 2 aromatic carbocycles. The minimum Gasteiger partial charge on any atom is -0.316 e. The number of fused-ring (bicyclic) bond motifs is 1. The molecule has 7 heteroatoms. The van der Waals surface area contributed by atoms with Crippen molar-refractivity contribution < 1.29 is 13.2 Å². The first kappa shape index (κ1) is 20.2. The minimum absolute atomic E-state index is 0.0820. The quantitative estimate of drug-likeness (QED) is 0.745. The number of sulfone groups is 1. The lowest BCUT2D eigenvalue weighted by Crippen LogP contribution is -2.37. The highest BCUT2D eigenvalue weighted by molar-refractivity contribution is 8.16. The van der Waals surface area contributed by atoms with Gasteiger partial charge in [-0.15, -0.1) is 0 Å². The van der Waals surface area contributed by atoms with Crippen LogP contribution in [0.3, 0.4) is 0 Å². The van der Waals surface area contributed by atoms with Crippen LogP contribution in [0.15, 0.2) is 53.5 Å². The number of thioether (sulfide) groups is 1. The normalized spacial score (nSPS) is 24.1. The molecule has 4 rings (SSSR count). The number of amidine groups is 1. The number of carbonyl (C=O) groups is 1. The fraction of sp³-hybridized carbons (Fsp3) is 0.364. The molecule has 0 unspecified atom stereocenters. The number of hydrogen-bond donors (Lipinski definition) is 0. The highest BCUT2D eigenvalue weighted by Crippen LogP contribution is 2.41. The summed E-state index contributed by atoms with van der Waals surface area (Å²) in [6.07, 6.45) is 0.980. The van der Waals surface area contributed by atoms with E-state index in [1.54, 1.807) is 0 Å². The summed E-state index contributed by atoms with van der Waals surface area (Å²) in [5, 5.41) is 0.541. The molecule has 2 atom stereocenters. The van der Waals surface area contributed by atoms with E-state index in [1.807, 2.05) is 61.2 Å². The zero-order chi connectivity index (χ0) is 20.6. The van der Waals surface area contributed by atoms with Crippen molar-refractivity contribution in [2.45, 2.75) is 38.0 Å². The van der Waals surface area contributed by atoms with Crippen molar-refractivity contribution in [2.24, 2.45) is 4.99 Å². The van der Waals surface area contributed by atoms with Crippen LogP contribution in [0.4, 0.5) is 5.69 Å². The van der Waals surface area contributed by atoms with Crippen LogP contribution in [0.5, 0.6) is 0 Å². The number of benzene rings is 2. The number of amides is 1. The van der Waals surface area contributed by atoms with Crippen molar-refractivity contribution >= 4 is 38.4 Å². The van der Waals surface area contributed by atoms with Gasteiger partial charge in [0.25, 0.3) is 0 Å². The van der Waals surface area contributed by atoms with Crippen molar-refractivity contribution in [3.05, 3.63) is 65.2 Å². The van der Waals surface area contributed by atoms with E-state index in [0.29, 0.717) is 18.0 Å². The Kier molecular flexibility index (Phi) is 5.53. The van der Waals surface area contributed by atoms with Gasteiger partial charge in [-0.2, -0.15) is 4.99 Å². The van der Waals surface area contributed by atoms with E-state index < -0.39 is 9.84 Å². The summed E-state index contributed by atoms with van der Waals surface area (Å²) >= 11 is 1.42. The van der Waals surface area contributed by atoms with Crippen molar-refractivity contribution in [2.75, 3.05) is 16.4 Å². The Balaban J connectivity index is 1.60. The molecule has 0 saturated carbocycles. The van der Waals surface area contributed by atoms with E-state index in [2.05, 4.69) is 11.1 Å². The second kappa shape index (κ2) is 7.95. The van der Waals surface area contributed by atoms with Crippen LogP contribution in [-0.4, -0.2) is 42.3 Å². The molecule has 0 aliphatic carbocycles. The molecule has 2 aliphatic rings. The molecule has 29 heavy (non-hydrogen) atoms. The number of rotatable bonds is 4. The number of hydrogen-bond acceptors (Lipinski definition) is 4. The second-order valence-electron chi connectivity index (χ2n) is 7.79. The van der Waals surface area contributed by atoms with Gasteiger partial charge in [-0.1, -0.05) is 48.2 Å². The second-order valence-corrected chi connectivity index (χ2v) is 11.2. The Hall–Kier alpha value is -2.12. The van der Waals surface area contributed by atoms with Crippen molar-refractivity contribution in [1.29, 1.82) is 0 Å². The summed E-state index contributed by atoms with van der Waals surface area (Å²) in [4.78, 5) is 19.0. The predicted octanol–water partition coefficient (Wildman–Crippen LogP) is 3.54. The number of nitrogens with zero attached hydrogens (tertiary/aromatic N) is 2. The first-order valence-corrected chi connectivity index (χ1v) is 12.4. The lowest BCUT2D eigenvalue weighted by atomic mass is 10.1. The largest absolute Gasteiger partial charge is 0.316 e. The summed E-state index contributed by atoms with van der Waals surface area (Å²) < 4.78 is 24.4. The highest BCUT2D eigenvalue weighted by atomic mass is 32.2. The monoisotopic (exact) mass is 428 g/mol. The van der Waals surface area contributed by atoms with Gasteiger partial charge in [0.05, 0.1) is 17.5 Å². The first-order valence-electron chi connectivity index (χ1n) is 9.71. The molecule has 0 radical (unpaired) electrons. The summed E-state index contributed by atoms with van der Waals surface area (Å²) in [6, 6.07) is 15.8. The van der Waals surface area contributed by atoms with E-state index >= 15 is 0 Å². The van der Waals surface area contributed by atoms with E-state index in [0.717, 1.165) is 22.4 Å². The van der Waals surface area contributed by atoms with Crippen LogP contribution in [0.25, 0.3) is 0 Å². The third-order valence-corrected chi connectivity index (χ3v) is 8.45. The van der Waals surface area contributed by atoms with Gasteiger partial charge in [0.2, 0.25) is 5.91 Å². The third-order valence-electron chi connectivity index (χ3n) is 5.24. The van der Waals surface area contributed by atoms with Crippen LogP contribution < -0.4 is 4.90 Å². The molecule has 2 fully saturated rings. The molecular formula is C22H24N2O3S2. The summed E-state index contributed by atoms with van der Waals surface area (Å²) in [5.41, 5.74) is 4.22. The van der Waals surface area contributed by atoms with Crippen molar-refractivity contribution in [1.82, 2.24) is 0 Å². The fourth-order valence-corrected chi connectivity index (χ4v) is 7.95. The predicted molar refractivity (Wildman–Crippen MR) is 119 cm³/mol. The van der Waals surface area contributed by atoms with Crippen molar-refractivity contribution in [3.63, 3.8) is 0 Å². The van der Waals surface area contributed by atoms with Gasteiger partial charge in [0, 0.05) is 17.4 Å². The van der Waals surface area contributed by atoms with Crippen LogP contribution in [-0.2, 0) is 21.1 Å². The van der Waals surface area contributed by atoms with Gasteiger partial charge in [0.15, 0.2) is 15.0 Å². The minimum atomic E-state index is -3.07. The lowest BCUT2D eigenvalue weighted by Gasteiger charge is -2.25. The summed E-state index contributed by atoms with van der Waals surface area (Å²) in [6.45, 7) is 4.04. The van der Waals surface area contributed by atoms with E-state index in [-0.39, 0.29) is 28.7 Å². The molecule has 0 spiro atoms. The average Bonchev–Trinajstić information content (AvgIpc) is 3.10. The summed E-state index contributed by atoms with van der Waals surface area (Å²) in [5.74, 6) is 0.0731. The molecule has 2 heterocycles. The molecule has 2 saturated heterocycles. The third kappa shape index (κ3) is 4.56. The molecule has 5 nitrogen and oxygen atoms in total. The van der Waals surface area contributed by atoms with Crippen LogP contribution in [0.1, 0.15) is 23.1 Å². The Morgan fingerprint density at radius 1 is 1.10 bits per heavy atom. The van der Waals surface area contributed by atoms with Gasteiger partial charge in [-0.3, -0.25) is 4.79 Å². The van der Waals surface area contributed by atoms with E-state index in [4.69, 9.17) is 0 Å². The number of carbonyl (C=O) groups excluding carboxylic acids is 1. The molecule has 0 aromatic heterocycles. The van der Waals surface area contributed by atoms with Gasteiger partial charge in [-0.05, 0) is 49.1 Å². The van der Waals surface area contributed by atoms with E-state index in [9.17, 15) is 13.2 Å². The van der Waals surface area contributed by atoms with Gasteiger partial charge in [-0.25, -0.2) is 8.42 Å².